The minimum atomic E-state index is -0.694. The van der Waals surface area contributed by atoms with Crippen molar-refractivity contribution in [3.63, 3.8) is 0 Å². The molecule has 0 aliphatic carbocycles. The first kappa shape index (κ1) is 13.4. The fourth-order valence-corrected chi connectivity index (χ4v) is 2.13. The second-order valence-electron chi connectivity index (χ2n) is 4.58. The molecular formula is C17H10F3N. The lowest BCUT2D eigenvalue weighted by atomic mass is 10.0. The van der Waals surface area contributed by atoms with Crippen LogP contribution in [-0.4, -0.2) is 4.98 Å². The Kier molecular flexibility index (Phi) is 3.44. The molecule has 0 N–H and O–H groups in total. The molecule has 21 heavy (non-hydrogen) atoms. The van der Waals surface area contributed by atoms with E-state index >= 15 is 0 Å². The van der Waals surface area contributed by atoms with Crippen molar-refractivity contribution in [2.24, 2.45) is 0 Å². The van der Waals surface area contributed by atoms with Gasteiger partial charge >= 0.3 is 0 Å². The predicted molar refractivity (Wildman–Crippen MR) is 75.0 cm³/mol. The summed E-state index contributed by atoms with van der Waals surface area (Å²) >= 11 is 0. The molecule has 0 saturated heterocycles. The molecule has 1 aromatic heterocycles. The van der Waals surface area contributed by atoms with Crippen LogP contribution in [0.5, 0.6) is 0 Å². The molecule has 0 saturated carbocycles. The van der Waals surface area contributed by atoms with Crippen LogP contribution in [0.2, 0.25) is 0 Å². The van der Waals surface area contributed by atoms with E-state index in [1.165, 1.54) is 42.6 Å². The highest BCUT2D eigenvalue weighted by Crippen LogP contribution is 2.28. The SMILES string of the molecule is Fc1cccc(-c2cnc(F)c(-c3cccc(F)c3)c2)c1. The van der Waals surface area contributed by atoms with Crippen molar-refractivity contribution in [2.45, 2.75) is 0 Å². The number of nitrogens with zero attached hydrogens (tertiary/aromatic N) is 1. The maximum Gasteiger partial charge on any atom is 0.220 e. The van der Waals surface area contributed by atoms with E-state index < -0.39 is 11.8 Å². The number of halogens is 3. The highest BCUT2D eigenvalue weighted by molar-refractivity contribution is 5.72. The lowest BCUT2D eigenvalue weighted by Crippen LogP contribution is -1.91. The van der Waals surface area contributed by atoms with Gasteiger partial charge in [-0.15, -0.1) is 0 Å². The number of hydrogen-bond donors (Lipinski definition) is 0. The Labute approximate surface area is 119 Å². The Balaban J connectivity index is 2.12. The Morgan fingerprint density at radius 3 is 1.95 bits per heavy atom. The average Bonchev–Trinajstić information content (AvgIpc) is 2.47. The van der Waals surface area contributed by atoms with E-state index in [1.54, 1.807) is 18.2 Å². The van der Waals surface area contributed by atoms with Gasteiger partial charge in [-0.3, -0.25) is 0 Å². The van der Waals surface area contributed by atoms with Gasteiger partial charge in [-0.25, -0.2) is 13.8 Å². The van der Waals surface area contributed by atoms with Gasteiger partial charge in [0.25, 0.3) is 0 Å². The molecule has 0 spiro atoms. The molecule has 1 heterocycles. The van der Waals surface area contributed by atoms with E-state index in [0.29, 0.717) is 16.7 Å². The zero-order valence-electron chi connectivity index (χ0n) is 10.9. The molecule has 4 heteroatoms. The number of aromatic nitrogens is 1. The van der Waals surface area contributed by atoms with Gasteiger partial charge in [0.05, 0.1) is 0 Å². The second-order valence-corrected chi connectivity index (χ2v) is 4.58. The summed E-state index contributed by atoms with van der Waals surface area (Å²) in [5, 5.41) is 0. The van der Waals surface area contributed by atoms with Gasteiger partial charge in [-0.2, -0.15) is 4.39 Å². The topological polar surface area (TPSA) is 12.9 Å². The Bertz CT molecular complexity index is 800. The molecule has 0 amide bonds. The lowest BCUT2D eigenvalue weighted by Gasteiger charge is -2.07. The molecule has 0 aliphatic rings. The molecule has 2 aromatic carbocycles. The maximum atomic E-state index is 13.9. The Hall–Kier alpha value is -2.62. The molecule has 0 fully saturated rings. The molecular weight excluding hydrogens is 275 g/mol. The van der Waals surface area contributed by atoms with Crippen molar-refractivity contribution >= 4 is 0 Å². The summed E-state index contributed by atoms with van der Waals surface area (Å²) in [4.78, 5) is 3.68. The third kappa shape index (κ3) is 2.79. The van der Waals surface area contributed by atoms with Crippen LogP contribution in [0.3, 0.4) is 0 Å². The fourth-order valence-electron chi connectivity index (χ4n) is 2.13. The van der Waals surface area contributed by atoms with Crippen molar-refractivity contribution in [1.29, 1.82) is 0 Å². The molecule has 0 bridgehead atoms. The minimum absolute atomic E-state index is 0.177. The monoisotopic (exact) mass is 285 g/mol. The number of benzene rings is 2. The third-order valence-electron chi connectivity index (χ3n) is 3.13. The van der Waals surface area contributed by atoms with Crippen LogP contribution in [-0.2, 0) is 0 Å². The van der Waals surface area contributed by atoms with Gasteiger partial charge in [0.15, 0.2) is 0 Å². The normalized spacial score (nSPS) is 10.6. The summed E-state index contributed by atoms with van der Waals surface area (Å²) in [5.74, 6) is -1.53. The summed E-state index contributed by atoms with van der Waals surface area (Å²) in [7, 11) is 0. The molecule has 3 aromatic rings. The van der Waals surface area contributed by atoms with Gasteiger partial charge < -0.3 is 0 Å². The van der Waals surface area contributed by atoms with Crippen LogP contribution in [0, 0.1) is 17.6 Å². The van der Waals surface area contributed by atoms with E-state index in [9.17, 15) is 13.2 Å². The van der Waals surface area contributed by atoms with Gasteiger partial charge in [0, 0.05) is 17.3 Å². The Morgan fingerprint density at radius 1 is 0.667 bits per heavy atom. The summed E-state index contributed by atoms with van der Waals surface area (Å²) in [6.07, 6.45) is 1.33. The van der Waals surface area contributed by atoms with Crippen LogP contribution in [0.1, 0.15) is 0 Å². The largest absolute Gasteiger partial charge is 0.227 e. The number of pyridine rings is 1. The smallest absolute Gasteiger partial charge is 0.220 e. The highest BCUT2D eigenvalue weighted by Gasteiger charge is 2.10. The molecule has 0 unspecified atom stereocenters. The van der Waals surface area contributed by atoms with Gasteiger partial charge in [0.1, 0.15) is 11.6 Å². The van der Waals surface area contributed by atoms with E-state index in [0.717, 1.165) is 0 Å². The first-order valence-electron chi connectivity index (χ1n) is 6.31. The lowest BCUT2D eigenvalue weighted by molar-refractivity contribution is 0.587. The zero-order chi connectivity index (χ0) is 14.8. The molecule has 3 rings (SSSR count). The predicted octanol–water partition coefficient (Wildman–Crippen LogP) is 4.83. The van der Waals surface area contributed by atoms with Gasteiger partial charge in [-0.1, -0.05) is 24.3 Å². The highest BCUT2D eigenvalue weighted by atomic mass is 19.1. The average molecular weight is 285 g/mol. The van der Waals surface area contributed by atoms with E-state index in [4.69, 9.17) is 0 Å². The summed E-state index contributed by atoms with van der Waals surface area (Å²) in [5.41, 5.74) is 1.71. The third-order valence-corrected chi connectivity index (χ3v) is 3.13. The van der Waals surface area contributed by atoms with E-state index in [1.807, 2.05) is 0 Å². The van der Waals surface area contributed by atoms with Crippen molar-refractivity contribution < 1.29 is 13.2 Å². The quantitative estimate of drug-likeness (QED) is 0.614. The summed E-state index contributed by atoms with van der Waals surface area (Å²) in [6, 6.07) is 13.1. The van der Waals surface area contributed by atoms with Gasteiger partial charge in [0.2, 0.25) is 5.95 Å². The van der Waals surface area contributed by atoms with Crippen molar-refractivity contribution in [1.82, 2.24) is 4.98 Å². The summed E-state index contributed by atoms with van der Waals surface area (Å²) in [6.45, 7) is 0. The standard InChI is InChI=1S/C17H10F3N/c18-14-5-1-3-11(7-14)13-9-16(17(20)21-10-13)12-4-2-6-15(19)8-12/h1-10H. The minimum Gasteiger partial charge on any atom is -0.227 e. The summed E-state index contributed by atoms with van der Waals surface area (Å²) < 4.78 is 40.4. The van der Waals surface area contributed by atoms with Crippen molar-refractivity contribution in [3.05, 3.63) is 78.4 Å². The van der Waals surface area contributed by atoms with Gasteiger partial charge in [-0.05, 0) is 41.5 Å². The molecule has 1 nitrogen and oxygen atoms in total. The zero-order valence-corrected chi connectivity index (χ0v) is 10.9. The van der Waals surface area contributed by atoms with Crippen LogP contribution in [0.25, 0.3) is 22.3 Å². The van der Waals surface area contributed by atoms with Crippen molar-refractivity contribution in [2.75, 3.05) is 0 Å². The van der Waals surface area contributed by atoms with Crippen LogP contribution in [0.4, 0.5) is 13.2 Å². The maximum absolute atomic E-state index is 13.9. The molecule has 0 aliphatic heterocycles. The van der Waals surface area contributed by atoms with Crippen LogP contribution < -0.4 is 0 Å². The van der Waals surface area contributed by atoms with E-state index in [2.05, 4.69) is 4.98 Å². The number of hydrogen-bond acceptors (Lipinski definition) is 1. The van der Waals surface area contributed by atoms with Crippen molar-refractivity contribution in [3.8, 4) is 22.3 Å². The second kappa shape index (κ2) is 5.40. The molecule has 104 valence electrons. The van der Waals surface area contributed by atoms with E-state index in [-0.39, 0.29) is 11.4 Å². The molecule has 0 radical (unpaired) electrons. The molecule has 0 atom stereocenters. The first-order chi connectivity index (χ1) is 10.1. The van der Waals surface area contributed by atoms with Crippen LogP contribution in [0.15, 0.2) is 60.8 Å². The van der Waals surface area contributed by atoms with Crippen LogP contribution >= 0.6 is 0 Å². The fraction of sp³-hybridized carbons (Fsp3) is 0. The first-order valence-corrected chi connectivity index (χ1v) is 6.31. The Morgan fingerprint density at radius 2 is 1.29 bits per heavy atom. The number of rotatable bonds is 2.